The summed E-state index contributed by atoms with van der Waals surface area (Å²) in [5.74, 6) is 1.12. The number of amides is 1. The first kappa shape index (κ1) is 15.7. The molecule has 1 aliphatic carbocycles. The van der Waals surface area contributed by atoms with Gasteiger partial charge in [0.25, 0.3) is 0 Å². The number of nitrogens with two attached hydrogens (primary N) is 1. The summed E-state index contributed by atoms with van der Waals surface area (Å²) in [7, 11) is 1.90. The Bertz CT molecular complexity index is 217. The topological polar surface area (TPSA) is 46.3 Å². The van der Waals surface area contributed by atoms with Gasteiger partial charge in [-0.1, -0.05) is 20.3 Å². The van der Waals surface area contributed by atoms with Crippen LogP contribution in [0.25, 0.3) is 0 Å². The molecule has 1 amide bonds. The minimum absolute atomic E-state index is 0. The molecular weight excluding hydrogens is 224 g/mol. The van der Waals surface area contributed by atoms with Gasteiger partial charge < -0.3 is 10.6 Å². The number of halogens is 1. The Morgan fingerprint density at radius 2 is 2.00 bits per heavy atom. The molecule has 16 heavy (non-hydrogen) atoms. The van der Waals surface area contributed by atoms with Gasteiger partial charge in [-0.3, -0.25) is 4.79 Å². The second-order valence-electron chi connectivity index (χ2n) is 5.08. The molecule has 2 N–H and O–H groups in total. The molecule has 0 heterocycles. The summed E-state index contributed by atoms with van der Waals surface area (Å²) in [5, 5.41) is 0. The molecule has 0 spiro atoms. The van der Waals surface area contributed by atoms with Crippen LogP contribution in [0.4, 0.5) is 0 Å². The molecule has 0 radical (unpaired) electrons. The maximum Gasteiger partial charge on any atom is 0.225 e. The van der Waals surface area contributed by atoms with E-state index in [-0.39, 0.29) is 18.4 Å². The van der Waals surface area contributed by atoms with Crippen molar-refractivity contribution in [3.05, 3.63) is 0 Å². The number of rotatable bonds is 5. The van der Waals surface area contributed by atoms with E-state index in [1.165, 1.54) is 6.42 Å². The molecule has 3 nitrogen and oxygen atoms in total. The Morgan fingerprint density at radius 1 is 1.44 bits per heavy atom. The van der Waals surface area contributed by atoms with Crippen molar-refractivity contribution in [2.24, 2.45) is 17.6 Å². The van der Waals surface area contributed by atoms with Crippen molar-refractivity contribution in [3.63, 3.8) is 0 Å². The van der Waals surface area contributed by atoms with Crippen LogP contribution in [-0.4, -0.2) is 30.4 Å². The fourth-order valence-electron chi connectivity index (χ4n) is 1.75. The predicted molar refractivity (Wildman–Crippen MR) is 69.7 cm³/mol. The Balaban J connectivity index is 0.00000225. The standard InChI is InChI=1S/C12H24N2O.ClH/c1-9(2)11(13)7-8-14(3)12(15)10-5-4-6-10;/h9-11H,4-8,13H2,1-3H3;1H. The predicted octanol–water partition coefficient (Wildman–Crippen LogP) is 2.04. The van der Waals surface area contributed by atoms with Crippen LogP contribution in [0.5, 0.6) is 0 Å². The Kier molecular flexibility index (Phi) is 7.00. The van der Waals surface area contributed by atoms with Crippen LogP contribution < -0.4 is 5.73 Å². The fraction of sp³-hybridized carbons (Fsp3) is 0.917. The van der Waals surface area contributed by atoms with E-state index in [4.69, 9.17) is 5.73 Å². The van der Waals surface area contributed by atoms with Gasteiger partial charge in [0.15, 0.2) is 0 Å². The van der Waals surface area contributed by atoms with Crippen molar-refractivity contribution in [1.29, 1.82) is 0 Å². The zero-order valence-electron chi connectivity index (χ0n) is 10.6. The number of hydrogen-bond acceptors (Lipinski definition) is 2. The van der Waals surface area contributed by atoms with E-state index in [0.29, 0.717) is 17.7 Å². The van der Waals surface area contributed by atoms with E-state index in [1.54, 1.807) is 0 Å². The minimum Gasteiger partial charge on any atom is -0.345 e. The average molecular weight is 249 g/mol. The summed E-state index contributed by atoms with van der Waals surface area (Å²) in [6.45, 7) is 5.05. The monoisotopic (exact) mass is 248 g/mol. The zero-order valence-corrected chi connectivity index (χ0v) is 11.4. The first-order valence-corrected chi connectivity index (χ1v) is 6.03. The molecule has 0 aromatic carbocycles. The summed E-state index contributed by atoms with van der Waals surface area (Å²) in [5.41, 5.74) is 5.95. The van der Waals surface area contributed by atoms with Gasteiger partial charge in [0.2, 0.25) is 5.91 Å². The van der Waals surface area contributed by atoms with Crippen LogP contribution in [0.15, 0.2) is 0 Å². The normalized spacial score (nSPS) is 17.6. The SMILES string of the molecule is CC(C)C(N)CCN(C)C(=O)C1CCC1.Cl. The molecule has 1 aliphatic rings. The second-order valence-corrected chi connectivity index (χ2v) is 5.08. The van der Waals surface area contributed by atoms with Gasteiger partial charge in [-0.25, -0.2) is 0 Å². The van der Waals surface area contributed by atoms with Crippen molar-refractivity contribution in [2.45, 2.75) is 45.6 Å². The third kappa shape index (κ3) is 4.30. The van der Waals surface area contributed by atoms with Crippen molar-refractivity contribution in [2.75, 3.05) is 13.6 Å². The van der Waals surface area contributed by atoms with Crippen LogP contribution in [0, 0.1) is 11.8 Å². The van der Waals surface area contributed by atoms with E-state index in [0.717, 1.165) is 25.8 Å². The molecule has 1 saturated carbocycles. The molecule has 1 rings (SSSR count). The number of hydrogen-bond donors (Lipinski definition) is 1. The van der Waals surface area contributed by atoms with E-state index in [9.17, 15) is 4.79 Å². The molecule has 1 atom stereocenters. The minimum atomic E-state index is 0. The van der Waals surface area contributed by atoms with Crippen LogP contribution in [0.3, 0.4) is 0 Å². The number of nitrogens with zero attached hydrogens (tertiary/aromatic N) is 1. The highest BCUT2D eigenvalue weighted by Gasteiger charge is 2.27. The molecule has 0 saturated heterocycles. The number of carbonyl (C=O) groups excluding carboxylic acids is 1. The maximum atomic E-state index is 11.8. The summed E-state index contributed by atoms with van der Waals surface area (Å²) in [4.78, 5) is 13.6. The average Bonchev–Trinajstić information content (AvgIpc) is 2.10. The van der Waals surface area contributed by atoms with E-state index in [2.05, 4.69) is 13.8 Å². The Labute approximate surface area is 105 Å². The molecule has 0 bridgehead atoms. The van der Waals surface area contributed by atoms with Gasteiger partial charge in [-0.2, -0.15) is 0 Å². The Hall–Kier alpha value is -0.280. The third-order valence-electron chi connectivity index (χ3n) is 3.48. The van der Waals surface area contributed by atoms with Gasteiger partial charge in [-0.15, -0.1) is 12.4 Å². The van der Waals surface area contributed by atoms with E-state index in [1.807, 2.05) is 11.9 Å². The molecule has 0 aromatic heterocycles. The van der Waals surface area contributed by atoms with Crippen molar-refractivity contribution in [3.8, 4) is 0 Å². The summed E-state index contributed by atoms with van der Waals surface area (Å²) in [6, 6.07) is 0.210. The van der Waals surface area contributed by atoms with Crippen LogP contribution >= 0.6 is 12.4 Å². The van der Waals surface area contributed by atoms with E-state index >= 15 is 0 Å². The highest BCUT2D eigenvalue weighted by atomic mass is 35.5. The summed E-state index contributed by atoms with van der Waals surface area (Å²) >= 11 is 0. The van der Waals surface area contributed by atoms with E-state index < -0.39 is 0 Å². The first-order chi connectivity index (χ1) is 7.02. The van der Waals surface area contributed by atoms with Crippen molar-refractivity contribution in [1.82, 2.24) is 4.90 Å². The summed E-state index contributed by atoms with van der Waals surface area (Å²) in [6.07, 6.45) is 4.29. The van der Waals surface area contributed by atoms with Crippen LogP contribution in [-0.2, 0) is 4.79 Å². The van der Waals surface area contributed by atoms with Gasteiger partial charge in [0.1, 0.15) is 0 Å². The second kappa shape index (κ2) is 7.13. The summed E-state index contributed by atoms with van der Waals surface area (Å²) < 4.78 is 0. The maximum absolute atomic E-state index is 11.8. The lowest BCUT2D eigenvalue weighted by Crippen LogP contribution is -2.39. The molecule has 4 heteroatoms. The van der Waals surface area contributed by atoms with Gasteiger partial charge in [0.05, 0.1) is 0 Å². The van der Waals surface area contributed by atoms with Gasteiger partial charge in [-0.05, 0) is 25.2 Å². The molecule has 1 unspecified atom stereocenters. The third-order valence-corrected chi connectivity index (χ3v) is 3.48. The molecule has 0 aromatic rings. The van der Waals surface area contributed by atoms with Crippen LogP contribution in [0.1, 0.15) is 39.5 Å². The molecular formula is C12H25ClN2O. The van der Waals surface area contributed by atoms with Gasteiger partial charge >= 0.3 is 0 Å². The highest BCUT2D eigenvalue weighted by Crippen LogP contribution is 2.27. The smallest absolute Gasteiger partial charge is 0.225 e. The Morgan fingerprint density at radius 3 is 2.38 bits per heavy atom. The van der Waals surface area contributed by atoms with Crippen molar-refractivity contribution >= 4 is 18.3 Å². The molecule has 0 aliphatic heterocycles. The van der Waals surface area contributed by atoms with Gasteiger partial charge in [0, 0.05) is 25.6 Å². The lowest BCUT2D eigenvalue weighted by molar-refractivity contribution is -0.136. The fourth-order valence-corrected chi connectivity index (χ4v) is 1.75. The largest absolute Gasteiger partial charge is 0.345 e. The molecule has 1 fully saturated rings. The highest BCUT2D eigenvalue weighted by molar-refractivity contribution is 5.85. The lowest BCUT2D eigenvalue weighted by atomic mass is 9.84. The molecule has 96 valence electrons. The lowest BCUT2D eigenvalue weighted by Gasteiger charge is -2.30. The van der Waals surface area contributed by atoms with Crippen LogP contribution in [0.2, 0.25) is 0 Å². The van der Waals surface area contributed by atoms with Crippen molar-refractivity contribution < 1.29 is 4.79 Å². The first-order valence-electron chi connectivity index (χ1n) is 6.03. The number of carbonyl (C=O) groups is 1. The quantitative estimate of drug-likeness (QED) is 0.810. The zero-order chi connectivity index (χ0) is 11.4.